The molecule has 2 aliphatic rings. The molecule has 4 rings (SSSR count). The maximum absolute atomic E-state index is 13.3. The average molecular weight is 525 g/mol. The highest BCUT2D eigenvalue weighted by Crippen LogP contribution is 2.28. The average Bonchev–Trinajstić information content (AvgIpc) is 3.48. The second kappa shape index (κ2) is 12.6. The first-order valence-electron chi connectivity index (χ1n) is 12.3. The maximum atomic E-state index is 13.3. The molecule has 0 aromatic carbocycles. The van der Waals surface area contributed by atoms with Gasteiger partial charge in [0.1, 0.15) is 23.4 Å². The molecule has 202 valence electrons. The summed E-state index contributed by atoms with van der Waals surface area (Å²) in [5, 5.41) is 15.2. The summed E-state index contributed by atoms with van der Waals surface area (Å²) in [6.45, 7) is 4.53. The summed E-state index contributed by atoms with van der Waals surface area (Å²) in [7, 11) is 5.16. The minimum atomic E-state index is -0.793. The van der Waals surface area contributed by atoms with Crippen LogP contribution in [0.25, 0.3) is 0 Å². The van der Waals surface area contributed by atoms with E-state index in [2.05, 4.69) is 31.6 Å². The van der Waals surface area contributed by atoms with Crippen LogP contribution in [0, 0.1) is 11.3 Å². The van der Waals surface area contributed by atoms with Crippen molar-refractivity contribution in [3.05, 3.63) is 41.2 Å². The highest BCUT2D eigenvalue weighted by atomic mass is 16.7. The van der Waals surface area contributed by atoms with Gasteiger partial charge >= 0.3 is 6.03 Å². The van der Waals surface area contributed by atoms with Crippen molar-refractivity contribution in [1.82, 2.24) is 19.8 Å². The second-order valence-corrected chi connectivity index (χ2v) is 8.91. The van der Waals surface area contributed by atoms with Crippen molar-refractivity contribution in [2.75, 3.05) is 89.3 Å². The number of carbonyl (C=O) groups is 2. The van der Waals surface area contributed by atoms with Crippen molar-refractivity contribution >= 4 is 29.3 Å². The number of urea groups is 1. The van der Waals surface area contributed by atoms with E-state index in [0.717, 1.165) is 13.1 Å². The number of nitrogens with zero attached hydrogens (tertiary/aromatic N) is 6. The zero-order valence-corrected chi connectivity index (χ0v) is 21.8. The van der Waals surface area contributed by atoms with Crippen LogP contribution >= 0.6 is 0 Å². The lowest BCUT2D eigenvalue weighted by Gasteiger charge is -2.33. The Bertz CT molecular complexity index is 1190. The van der Waals surface area contributed by atoms with E-state index in [1.54, 1.807) is 37.3 Å². The molecule has 0 saturated carbocycles. The summed E-state index contributed by atoms with van der Waals surface area (Å²) >= 11 is 0. The lowest BCUT2D eigenvalue weighted by molar-refractivity contribution is -0.0478. The molecular weight excluding hydrogens is 492 g/mol. The number of hydrogen-bond donors (Lipinski definition) is 2. The first-order chi connectivity index (χ1) is 18.4. The van der Waals surface area contributed by atoms with E-state index in [4.69, 9.17) is 14.2 Å². The van der Waals surface area contributed by atoms with E-state index in [1.165, 1.54) is 11.1 Å². The highest BCUT2D eigenvalue weighted by Gasteiger charge is 2.30. The van der Waals surface area contributed by atoms with E-state index in [0.29, 0.717) is 67.8 Å². The fraction of sp³-hybridized carbons (Fsp3) is 0.480. The zero-order valence-electron chi connectivity index (χ0n) is 21.8. The number of anilines is 3. The molecule has 0 bridgehead atoms. The third kappa shape index (κ3) is 6.35. The number of likely N-dealkylation sites (N-methyl/N-ethyl adjacent to an activating group) is 1. The Morgan fingerprint density at radius 1 is 1.24 bits per heavy atom. The van der Waals surface area contributed by atoms with Crippen LogP contribution in [0.5, 0.6) is 0 Å². The predicted molar refractivity (Wildman–Crippen MR) is 139 cm³/mol. The third-order valence-electron chi connectivity index (χ3n) is 6.31. The minimum absolute atomic E-state index is 0.145. The van der Waals surface area contributed by atoms with Crippen LogP contribution in [0.15, 0.2) is 24.4 Å². The molecule has 0 radical (unpaired) electrons. The SMILES string of the molecule is COCCNc1cc(NC(=O)N(C)c2ccc(C(=O)N3CCN(C)CC3)c(C3OCCO3)n2)ncc1C#N. The van der Waals surface area contributed by atoms with Crippen LogP contribution in [0.2, 0.25) is 0 Å². The number of hydrogen-bond acceptors (Lipinski definition) is 10. The van der Waals surface area contributed by atoms with E-state index >= 15 is 0 Å². The number of pyridine rings is 2. The molecule has 38 heavy (non-hydrogen) atoms. The number of carbonyl (C=O) groups excluding carboxylic acids is 2. The number of nitrogens with one attached hydrogen (secondary N) is 2. The van der Waals surface area contributed by atoms with Crippen LogP contribution in [-0.2, 0) is 14.2 Å². The number of ether oxygens (including phenoxy) is 3. The zero-order chi connectivity index (χ0) is 27.1. The smallest absolute Gasteiger partial charge is 0.328 e. The van der Waals surface area contributed by atoms with Gasteiger partial charge in [-0.15, -0.1) is 0 Å². The Kier molecular flexibility index (Phi) is 9.03. The normalized spacial score (nSPS) is 16.2. The van der Waals surface area contributed by atoms with Crippen molar-refractivity contribution in [1.29, 1.82) is 5.26 Å². The second-order valence-electron chi connectivity index (χ2n) is 8.91. The Labute approximate surface area is 221 Å². The van der Waals surface area contributed by atoms with E-state index in [1.807, 2.05) is 7.05 Å². The molecule has 2 N–H and O–H groups in total. The molecule has 2 saturated heterocycles. The summed E-state index contributed by atoms with van der Waals surface area (Å²) in [6, 6.07) is 6.42. The van der Waals surface area contributed by atoms with Crippen LogP contribution in [0.3, 0.4) is 0 Å². The lowest BCUT2D eigenvalue weighted by Crippen LogP contribution is -2.47. The third-order valence-corrected chi connectivity index (χ3v) is 6.31. The minimum Gasteiger partial charge on any atom is -0.383 e. The number of methoxy groups -OCH3 is 1. The molecule has 0 aliphatic carbocycles. The van der Waals surface area contributed by atoms with Gasteiger partial charge in [0.05, 0.1) is 36.6 Å². The van der Waals surface area contributed by atoms with Crippen LogP contribution in [-0.4, -0.2) is 105 Å². The molecule has 2 aliphatic heterocycles. The van der Waals surface area contributed by atoms with Crippen LogP contribution in [0.1, 0.15) is 27.9 Å². The fourth-order valence-electron chi connectivity index (χ4n) is 4.05. The molecule has 0 spiro atoms. The molecule has 0 unspecified atom stereocenters. The number of rotatable bonds is 8. The van der Waals surface area contributed by atoms with Gasteiger partial charge in [0, 0.05) is 59.1 Å². The largest absolute Gasteiger partial charge is 0.383 e. The molecule has 4 heterocycles. The van der Waals surface area contributed by atoms with Crippen molar-refractivity contribution in [2.45, 2.75) is 6.29 Å². The standard InChI is InChI=1S/C25H32N8O5/c1-31-7-9-33(10-8-31)23(34)18-4-5-21(30-22(18)24-37-12-13-38-24)32(2)25(35)29-20-14-19(27-6-11-36-3)17(15-26)16-28-20/h4-5,14,16,24H,6-13H2,1-3H3,(H2,27,28,29,35). The summed E-state index contributed by atoms with van der Waals surface area (Å²) in [5.74, 6) is 0.414. The van der Waals surface area contributed by atoms with Gasteiger partial charge in [0.2, 0.25) is 6.29 Å². The van der Waals surface area contributed by atoms with Gasteiger partial charge in [-0.1, -0.05) is 0 Å². The van der Waals surface area contributed by atoms with E-state index in [9.17, 15) is 14.9 Å². The lowest BCUT2D eigenvalue weighted by atomic mass is 10.1. The van der Waals surface area contributed by atoms with Crippen LogP contribution in [0.4, 0.5) is 22.1 Å². The topological polar surface area (TPSA) is 145 Å². The van der Waals surface area contributed by atoms with Gasteiger partial charge in [-0.2, -0.15) is 5.26 Å². The molecule has 0 atom stereocenters. The van der Waals surface area contributed by atoms with Crippen LogP contribution < -0.4 is 15.5 Å². The molecule has 3 amide bonds. The van der Waals surface area contributed by atoms with Gasteiger partial charge in [0.15, 0.2) is 0 Å². The van der Waals surface area contributed by atoms with Gasteiger partial charge in [-0.3, -0.25) is 15.0 Å². The number of nitriles is 1. The molecular formula is C25H32N8O5. The van der Waals surface area contributed by atoms with Gasteiger partial charge in [-0.25, -0.2) is 14.8 Å². The number of piperazine rings is 1. The summed E-state index contributed by atoms with van der Waals surface area (Å²) in [4.78, 5) is 40.4. The number of aromatic nitrogens is 2. The van der Waals surface area contributed by atoms with Gasteiger partial charge < -0.3 is 29.3 Å². The molecule has 2 fully saturated rings. The first-order valence-corrected chi connectivity index (χ1v) is 12.3. The molecule has 2 aromatic rings. The number of amides is 3. The van der Waals surface area contributed by atoms with Crippen molar-refractivity contribution in [2.24, 2.45) is 0 Å². The Balaban J connectivity index is 1.53. The summed E-state index contributed by atoms with van der Waals surface area (Å²) < 4.78 is 16.4. The maximum Gasteiger partial charge on any atom is 0.328 e. The monoisotopic (exact) mass is 524 g/mol. The molecule has 13 heteroatoms. The molecule has 2 aromatic heterocycles. The Morgan fingerprint density at radius 3 is 2.66 bits per heavy atom. The van der Waals surface area contributed by atoms with Crippen molar-refractivity contribution < 1.29 is 23.8 Å². The van der Waals surface area contributed by atoms with Crippen molar-refractivity contribution in [3.63, 3.8) is 0 Å². The fourth-order valence-corrected chi connectivity index (χ4v) is 4.05. The molecule has 13 nitrogen and oxygen atoms in total. The van der Waals surface area contributed by atoms with E-state index in [-0.39, 0.29) is 11.7 Å². The quantitative estimate of drug-likeness (QED) is 0.487. The first kappa shape index (κ1) is 27.2. The van der Waals surface area contributed by atoms with Gasteiger partial charge in [0.25, 0.3) is 5.91 Å². The Morgan fingerprint density at radius 2 is 1.97 bits per heavy atom. The Hall–Kier alpha value is -3.83. The van der Waals surface area contributed by atoms with Gasteiger partial charge in [-0.05, 0) is 19.2 Å². The predicted octanol–water partition coefficient (Wildman–Crippen LogP) is 1.51. The summed E-state index contributed by atoms with van der Waals surface area (Å²) in [5.41, 5.74) is 1.60. The highest BCUT2D eigenvalue weighted by molar-refractivity contribution is 6.01. The summed E-state index contributed by atoms with van der Waals surface area (Å²) in [6.07, 6.45) is 0.591. The van der Waals surface area contributed by atoms with E-state index < -0.39 is 12.3 Å². The van der Waals surface area contributed by atoms with Crippen molar-refractivity contribution in [3.8, 4) is 6.07 Å².